The third-order valence-corrected chi connectivity index (χ3v) is 7.00. The highest BCUT2D eigenvalue weighted by Gasteiger charge is 2.33. The van der Waals surface area contributed by atoms with Crippen LogP contribution in [0.15, 0.2) is 66.0 Å². The predicted molar refractivity (Wildman–Crippen MR) is 132 cm³/mol. The van der Waals surface area contributed by atoms with Crippen LogP contribution in [0.2, 0.25) is 0 Å². The van der Waals surface area contributed by atoms with Crippen molar-refractivity contribution in [2.45, 2.75) is 50.9 Å². The zero-order chi connectivity index (χ0) is 23.5. The molecule has 2 aliphatic rings. The summed E-state index contributed by atoms with van der Waals surface area (Å²) in [7, 11) is 0. The maximum atomic E-state index is 13.3. The number of hydrogen-bond acceptors (Lipinski definition) is 4. The molecular weight excluding hydrogens is 446 g/mol. The van der Waals surface area contributed by atoms with Gasteiger partial charge in [0.1, 0.15) is 0 Å². The molecule has 1 aromatic heterocycles. The van der Waals surface area contributed by atoms with Crippen molar-refractivity contribution in [2.75, 3.05) is 0 Å². The van der Waals surface area contributed by atoms with E-state index in [2.05, 4.69) is 10.6 Å². The van der Waals surface area contributed by atoms with Gasteiger partial charge in [0.25, 0.3) is 17.7 Å². The van der Waals surface area contributed by atoms with Gasteiger partial charge < -0.3 is 15.5 Å². The Morgan fingerprint density at radius 3 is 2.12 bits per heavy atom. The maximum absolute atomic E-state index is 13.3. The van der Waals surface area contributed by atoms with Crippen LogP contribution >= 0.6 is 11.3 Å². The molecule has 2 N–H and O–H groups in total. The van der Waals surface area contributed by atoms with E-state index in [4.69, 9.17) is 0 Å². The number of benzene rings is 2. The van der Waals surface area contributed by atoms with Gasteiger partial charge in [-0.25, -0.2) is 0 Å². The highest BCUT2D eigenvalue weighted by Crippen LogP contribution is 2.30. The topological polar surface area (TPSA) is 78.5 Å². The molecule has 1 heterocycles. The van der Waals surface area contributed by atoms with Crippen LogP contribution in [0.5, 0.6) is 0 Å². The van der Waals surface area contributed by atoms with E-state index in [1.54, 1.807) is 6.07 Å². The van der Waals surface area contributed by atoms with Crippen LogP contribution in [0.25, 0.3) is 0 Å². The van der Waals surface area contributed by atoms with Crippen molar-refractivity contribution in [2.24, 2.45) is 0 Å². The lowest BCUT2D eigenvalue weighted by Crippen LogP contribution is -2.32. The SMILES string of the molecule is O=C(NC1CC1)c1ccc(CN(C(=O)c2ccc(CNC(=O)c3cccs3)cc2)C2CC2)cc1. The van der Waals surface area contributed by atoms with Gasteiger partial charge in [0, 0.05) is 36.3 Å². The molecule has 2 aromatic carbocycles. The van der Waals surface area contributed by atoms with Gasteiger partial charge in [0.2, 0.25) is 0 Å². The molecule has 34 heavy (non-hydrogen) atoms. The molecule has 0 radical (unpaired) electrons. The maximum Gasteiger partial charge on any atom is 0.261 e. The molecule has 0 saturated heterocycles. The van der Waals surface area contributed by atoms with Crippen LogP contribution in [0.1, 0.15) is 67.2 Å². The van der Waals surface area contributed by atoms with Crippen LogP contribution in [0.4, 0.5) is 0 Å². The lowest BCUT2D eigenvalue weighted by molar-refractivity contribution is 0.0729. The number of carbonyl (C=O) groups excluding carboxylic acids is 3. The minimum atomic E-state index is -0.0916. The molecule has 3 amide bonds. The summed E-state index contributed by atoms with van der Waals surface area (Å²) in [6.07, 6.45) is 4.15. The van der Waals surface area contributed by atoms with E-state index in [0.29, 0.717) is 35.1 Å². The number of rotatable bonds is 9. The molecule has 0 bridgehead atoms. The molecule has 0 aliphatic heterocycles. The molecule has 2 aliphatic carbocycles. The second kappa shape index (κ2) is 9.81. The molecule has 2 fully saturated rings. The van der Waals surface area contributed by atoms with Gasteiger partial charge in [-0.1, -0.05) is 30.3 Å². The molecule has 6 nitrogen and oxygen atoms in total. The van der Waals surface area contributed by atoms with Crippen LogP contribution < -0.4 is 10.6 Å². The molecule has 0 spiro atoms. The Kier molecular flexibility index (Phi) is 6.45. The lowest BCUT2D eigenvalue weighted by atomic mass is 10.1. The summed E-state index contributed by atoms with van der Waals surface area (Å²) in [5.41, 5.74) is 3.25. The Hall–Kier alpha value is -3.45. The second-order valence-corrected chi connectivity index (χ2v) is 9.91. The van der Waals surface area contributed by atoms with Crippen molar-refractivity contribution in [1.29, 1.82) is 0 Å². The van der Waals surface area contributed by atoms with Crippen molar-refractivity contribution >= 4 is 29.1 Å². The monoisotopic (exact) mass is 473 g/mol. The van der Waals surface area contributed by atoms with Crippen LogP contribution in [0, 0.1) is 0 Å². The number of thiophene rings is 1. The molecule has 2 saturated carbocycles. The Morgan fingerprint density at radius 1 is 0.824 bits per heavy atom. The van der Waals surface area contributed by atoms with E-state index < -0.39 is 0 Å². The Morgan fingerprint density at radius 2 is 1.50 bits per heavy atom. The van der Waals surface area contributed by atoms with Crippen LogP contribution in [-0.2, 0) is 13.1 Å². The smallest absolute Gasteiger partial charge is 0.261 e. The summed E-state index contributed by atoms with van der Waals surface area (Å²) >= 11 is 1.41. The summed E-state index contributed by atoms with van der Waals surface area (Å²) in [5.74, 6) is -0.117. The first-order chi connectivity index (χ1) is 16.6. The van der Waals surface area contributed by atoms with Gasteiger partial charge in [-0.2, -0.15) is 0 Å². The molecular formula is C27H27N3O3S. The first-order valence-electron chi connectivity index (χ1n) is 11.7. The van der Waals surface area contributed by atoms with Gasteiger partial charge in [-0.3, -0.25) is 14.4 Å². The molecule has 0 atom stereocenters. The first-order valence-corrected chi connectivity index (χ1v) is 12.6. The summed E-state index contributed by atoms with van der Waals surface area (Å²) < 4.78 is 0. The minimum absolute atomic E-state index is 0.00669. The Bertz CT molecular complexity index is 1160. The Balaban J connectivity index is 1.19. The molecule has 7 heteroatoms. The van der Waals surface area contributed by atoms with E-state index in [1.807, 2.05) is 64.9 Å². The van der Waals surface area contributed by atoms with Crippen molar-refractivity contribution < 1.29 is 14.4 Å². The van der Waals surface area contributed by atoms with Gasteiger partial charge in [-0.15, -0.1) is 11.3 Å². The number of carbonyl (C=O) groups is 3. The largest absolute Gasteiger partial charge is 0.349 e. The van der Waals surface area contributed by atoms with Crippen LogP contribution in [-0.4, -0.2) is 34.7 Å². The average molecular weight is 474 g/mol. The molecule has 0 unspecified atom stereocenters. The van der Waals surface area contributed by atoms with Gasteiger partial charge in [0.15, 0.2) is 0 Å². The number of nitrogens with zero attached hydrogens (tertiary/aromatic N) is 1. The average Bonchev–Trinajstić information content (AvgIpc) is 3.80. The number of hydrogen-bond donors (Lipinski definition) is 2. The van der Waals surface area contributed by atoms with E-state index in [-0.39, 0.29) is 23.8 Å². The zero-order valence-corrected chi connectivity index (χ0v) is 19.6. The quantitative estimate of drug-likeness (QED) is 0.484. The summed E-state index contributed by atoms with van der Waals surface area (Å²) in [6.45, 7) is 0.935. The standard InChI is InChI=1S/C27H27N3O3S/c31-25(29-22-11-12-22)20-7-5-19(6-8-20)17-30(23-13-14-23)27(33)21-9-3-18(4-10-21)16-28-26(32)24-2-1-15-34-24/h1-10,15,22-23H,11-14,16-17H2,(H,28,32)(H,29,31). The van der Waals surface area contributed by atoms with Gasteiger partial charge >= 0.3 is 0 Å². The predicted octanol–water partition coefficient (Wildman–Crippen LogP) is 4.38. The third-order valence-electron chi connectivity index (χ3n) is 6.13. The molecule has 3 aromatic rings. The fourth-order valence-corrected chi connectivity index (χ4v) is 4.46. The van der Waals surface area contributed by atoms with Crippen LogP contribution in [0.3, 0.4) is 0 Å². The number of nitrogens with one attached hydrogen (secondary N) is 2. The molecule has 5 rings (SSSR count). The van der Waals surface area contributed by atoms with E-state index >= 15 is 0 Å². The second-order valence-electron chi connectivity index (χ2n) is 8.97. The van der Waals surface area contributed by atoms with E-state index in [1.165, 1.54) is 11.3 Å². The summed E-state index contributed by atoms with van der Waals surface area (Å²) in [6, 6.07) is 19.2. The zero-order valence-electron chi connectivity index (χ0n) is 18.8. The summed E-state index contributed by atoms with van der Waals surface area (Å²) in [5, 5.41) is 7.78. The number of amides is 3. The van der Waals surface area contributed by atoms with Gasteiger partial charge in [-0.05, 0) is 72.5 Å². The Labute approximate surface area is 203 Å². The third kappa shape index (κ3) is 5.54. The van der Waals surface area contributed by atoms with Crippen molar-refractivity contribution in [3.05, 3.63) is 93.2 Å². The summed E-state index contributed by atoms with van der Waals surface area (Å²) in [4.78, 5) is 40.2. The van der Waals surface area contributed by atoms with Crippen molar-refractivity contribution in [3.63, 3.8) is 0 Å². The van der Waals surface area contributed by atoms with Crippen molar-refractivity contribution in [1.82, 2.24) is 15.5 Å². The lowest BCUT2D eigenvalue weighted by Gasteiger charge is -2.23. The minimum Gasteiger partial charge on any atom is -0.349 e. The highest BCUT2D eigenvalue weighted by atomic mass is 32.1. The van der Waals surface area contributed by atoms with Gasteiger partial charge in [0.05, 0.1) is 4.88 Å². The van der Waals surface area contributed by atoms with E-state index in [9.17, 15) is 14.4 Å². The normalized spacial score (nSPS) is 14.9. The fraction of sp³-hybridized carbons (Fsp3) is 0.296. The van der Waals surface area contributed by atoms with Crippen molar-refractivity contribution in [3.8, 4) is 0 Å². The van der Waals surface area contributed by atoms with E-state index in [0.717, 1.165) is 36.8 Å². The molecule has 174 valence electrons. The fourth-order valence-electron chi connectivity index (χ4n) is 3.82. The highest BCUT2D eigenvalue weighted by molar-refractivity contribution is 7.12. The first kappa shape index (κ1) is 22.3.